The molecular weight excluding hydrogens is 373 g/mol. The summed E-state index contributed by atoms with van der Waals surface area (Å²) >= 11 is 15.4. The van der Waals surface area contributed by atoms with Crippen molar-refractivity contribution in [1.29, 1.82) is 0 Å². The monoisotopic (exact) mass is 385 g/mol. The van der Waals surface area contributed by atoms with Crippen molar-refractivity contribution in [2.24, 2.45) is 0 Å². The number of rotatable bonds is 3. The Morgan fingerprint density at radius 3 is 2.33 bits per heavy atom. The summed E-state index contributed by atoms with van der Waals surface area (Å²) in [7, 11) is 1.76. The summed E-state index contributed by atoms with van der Waals surface area (Å²) in [4.78, 5) is 14.1. The molecule has 0 spiro atoms. The van der Waals surface area contributed by atoms with E-state index in [1.165, 1.54) is 0 Å². The van der Waals surface area contributed by atoms with Gasteiger partial charge in [-0.1, -0.05) is 39.1 Å². The van der Waals surface area contributed by atoms with Gasteiger partial charge in [0.15, 0.2) is 0 Å². The van der Waals surface area contributed by atoms with Crippen LogP contribution in [0.1, 0.15) is 21.5 Å². The van der Waals surface area contributed by atoms with Crippen molar-refractivity contribution >= 4 is 45.0 Å². The van der Waals surface area contributed by atoms with Crippen molar-refractivity contribution in [3.8, 4) is 0 Å². The fourth-order valence-electron chi connectivity index (χ4n) is 2.05. The van der Waals surface area contributed by atoms with Gasteiger partial charge in [0.25, 0.3) is 5.91 Å². The minimum absolute atomic E-state index is 0.0401. The summed E-state index contributed by atoms with van der Waals surface area (Å²) < 4.78 is 0.989. The van der Waals surface area contributed by atoms with E-state index in [9.17, 15) is 4.79 Å². The molecule has 2 aromatic rings. The highest BCUT2D eigenvalue weighted by Gasteiger charge is 2.13. The zero-order valence-electron chi connectivity index (χ0n) is 11.7. The Hall–Kier alpha value is -1.03. The van der Waals surface area contributed by atoms with E-state index in [-0.39, 0.29) is 5.91 Å². The van der Waals surface area contributed by atoms with Crippen LogP contribution in [0.3, 0.4) is 0 Å². The third-order valence-electron chi connectivity index (χ3n) is 3.09. The van der Waals surface area contributed by atoms with Crippen LogP contribution >= 0.6 is 39.1 Å². The van der Waals surface area contributed by atoms with Crippen LogP contribution in [-0.2, 0) is 6.54 Å². The van der Waals surface area contributed by atoms with Crippen LogP contribution < -0.4 is 0 Å². The lowest BCUT2D eigenvalue weighted by Crippen LogP contribution is -2.26. The first kappa shape index (κ1) is 16.3. The standard InChI is InChI=1S/C16H14BrCl2NO/c1-10-5-12(3-4-15(10)17)16(21)20(2)9-11-6-13(18)8-14(19)7-11/h3-8H,9H2,1-2H3. The summed E-state index contributed by atoms with van der Waals surface area (Å²) in [5, 5.41) is 1.13. The van der Waals surface area contributed by atoms with E-state index in [4.69, 9.17) is 23.2 Å². The summed E-state index contributed by atoms with van der Waals surface area (Å²) in [5.74, 6) is -0.0401. The van der Waals surface area contributed by atoms with Gasteiger partial charge in [0.2, 0.25) is 0 Å². The molecule has 0 atom stereocenters. The van der Waals surface area contributed by atoms with Gasteiger partial charge >= 0.3 is 0 Å². The first-order valence-electron chi connectivity index (χ1n) is 6.33. The average molecular weight is 387 g/mol. The second-order valence-electron chi connectivity index (χ2n) is 4.90. The molecule has 0 aliphatic carbocycles. The zero-order valence-corrected chi connectivity index (χ0v) is 14.8. The number of hydrogen-bond donors (Lipinski definition) is 0. The molecule has 21 heavy (non-hydrogen) atoms. The second kappa shape index (κ2) is 6.82. The van der Waals surface area contributed by atoms with Crippen molar-refractivity contribution in [2.45, 2.75) is 13.5 Å². The Bertz CT molecular complexity index is 668. The van der Waals surface area contributed by atoms with Crippen LogP contribution in [0, 0.1) is 6.92 Å². The van der Waals surface area contributed by atoms with Gasteiger partial charge in [-0.2, -0.15) is 0 Å². The molecule has 0 heterocycles. The van der Waals surface area contributed by atoms with Gasteiger partial charge < -0.3 is 4.90 Å². The highest BCUT2D eigenvalue weighted by molar-refractivity contribution is 9.10. The normalized spacial score (nSPS) is 10.5. The topological polar surface area (TPSA) is 20.3 Å². The number of halogens is 3. The van der Waals surface area contributed by atoms with Crippen LogP contribution in [0.15, 0.2) is 40.9 Å². The van der Waals surface area contributed by atoms with E-state index in [2.05, 4.69) is 15.9 Å². The van der Waals surface area contributed by atoms with E-state index in [0.717, 1.165) is 15.6 Å². The summed E-state index contributed by atoms with van der Waals surface area (Å²) in [5.41, 5.74) is 2.59. The van der Waals surface area contributed by atoms with E-state index < -0.39 is 0 Å². The maximum absolute atomic E-state index is 12.4. The molecule has 2 aromatic carbocycles. The number of carbonyl (C=O) groups is 1. The maximum atomic E-state index is 12.4. The van der Waals surface area contributed by atoms with Crippen LogP contribution in [0.5, 0.6) is 0 Å². The average Bonchev–Trinajstić information content (AvgIpc) is 2.39. The number of nitrogens with zero attached hydrogens (tertiary/aromatic N) is 1. The lowest BCUT2D eigenvalue weighted by molar-refractivity contribution is 0.0785. The van der Waals surface area contributed by atoms with Gasteiger partial charge in [-0.25, -0.2) is 0 Å². The minimum Gasteiger partial charge on any atom is -0.337 e. The van der Waals surface area contributed by atoms with Crippen molar-refractivity contribution in [3.05, 3.63) is 67.6 Å². The lowest BCUT2D eigenvalue weighted by Gasteiger charge is -2.18. The van der Waals surface area contributed by atoms with Crippen molar-refractivity contribution in [3.63, 3.8) is 0 Å². The van der Waals surface area contributed by atoms with Crippen LogP contribution in [-0.4, -0.2) is 17.9 Å². The molecule has 2 nitrogen and oxygen atoms in total. The quantitative estimate of drug-likeness (QED) is 0.697. The minimum atomic E-state index is -0.0401. The molecule has 0 aromatic heterocycles. The summed E-state index contributed by atoms with van der Waals surface area (Å²) in [6.45, 7) is 2.41. The third-order valence-corrected chi connectivity index (χ3v) is 4.42. The number of hydrogen-bond acceptors (Lipinski definition) is 1. The molecule has 0 saturated heterocycles. The summed E-state index contributed by atoms with van der Waals surface area (Å²) in [6.07, 6.45) is 0. The van der Waals surface area contributed by atoms with E-state index in [0.29, 0.717) is 22.2 Å². The predicted molar refractivity (Wildman–Crippen MR) is 91.1 cm³/mol. The SMILES string of the molecule is Cc1cc(C(=O)N(C)Cc2cc(Cl)cc(Cl)c2)ccc1Br. The van der Waals surface area contributed by atoms with Crippen molar-refractivity contribution < 1.29 is 4.79 Å². The van der Waals surface area contributed by atoms with Crippen LogP contribution in [0.2, 0.25) is 10.0 Å². The van der Waals surface area contributed by atoms with Gasteiger partial charge in [-0.15, -0.1) is 0 Å². The van der Waals surface area contributed by atoms with Gasteiger partial charge in [0, 0.05) is 33.7 Å². The molecule has 0 bridgehead atoms. The van der Waals surface area contributed by atoms with Gasteiger partial charge in [0.1, 0.15) is 0 Å². The van der Waals surface area contributed by atoms with Gasteiger partial charge in [0.05, 0.1) is 0 Å². The molecule has 0 unspecified atom stereocenters. The smallest absolute Gasteiger partial charge is 0.253 e. The number of carbonyl (C=O) groups excluding carboxylic acids is 1. The maximum Gasteiger partial charge on any atom is 0.253 e. The Kier molecular flexibility index (Phi) is 5.31. The molecule has 0 aliphatic rings. The Morgan fingerprint density at radius 1 is 1.14 bits per heavy atom. The number of aryl methyl sites for hydroxylation is 1. The molecule has 0 aliphatic heterocycles. The number of benzene rings is 2. The third kappa shape index (κ3) is 4.22. The zero-order chi connectivity index (χ0) is 15.6. The first-order valence-corrected chi connectivity index (χ1v) is 7.88. The highest BCUT2D eigenvalue weighted by atomic mass is 79.9. The molecular formula is C16H14BrCl2NO. The fourth-order valence-corrected chi connectivity index (χ4v) is 2.86. The first-order chi connectivity index (χ1) is 9.86. The summed E-state index contributed by atoms with van der Waals surface area (Å²) in [6, 6.07) is 10.8. The molecule has 0 radical (unpaired) electrons. The Labute approximate surface area is 142 Å². The van der Waals surface area contributed by atoms with E-state index in [1.54, 1.807) is 24.1 Å². The second-order valence-corrected chi connectivity index (χ2v) is 6.63. The molecule has 110 valence electrons. The predicted octanol–water partition coefficient (Wildman–Crippen LogP) is 5.34. The van der Waals surface area contributed by atoms with Crippen LogP contribution in [0.4, 0.5) is 0 Å². The Balaban J connectivity index is 2.17. The Morgan fingerprint density at radius 2 is 1.76 bits per heavy atom. The largest absolute Gasteiger partial charge is 0.337 e. The van der Waals surface area contributed by atoms with Crippen molar-refractivity contribution in [2.75, 3.05) is 7.05 Å². The van der Waals surface area contributed by atoms with Gasteiger partial charge in [-0.3, -0.25) is 4.79 Å². The van der Waals surface area contributed by atoms with Gasteiger partial charge in [-0.05, 0) is 54.4 Å². The lowest BCUT2D eigenvalue weighted by atomic mass is 10.1. The molecule has 2 rings (SSSR count). The van der Waals surface area contributed by atoms with E-state index >= 15 is 0 Å². The fraction of sp³-hybridized carbons (Fsp3) is 0.188. The molecule has 0 saturated carbocycles. The highest BCUT2D eigenvalue weighted by Crippen LogP contribution is 2.21. The number of amides is 1. The molecule has 1 amide bonds. The van der Waals surface area contributed by atoms with Crippen LogP contribution in [0.25, 0.3) is 0 Å². The molecule has 0 N–H and O–H groups in total. The van der Waals surface area contributed by atoms with Crippen molar-refractivity contribution in [1.82, 2.24) is 4.90 Å². The molecule has 0 fully saturated rings. The molecule has 5 heteroatoms. The van der Waals surface area contributed by atoms with E-state index in [1.807, 2.05) is 31.2 Å².